The number of imidazole rings is 1. The highest BCUT2D eigenvalue weighted by Crippen LogP contribution is 2.17. The van der Waals surface area contributed by atoms with E-state index in [9.17, 15) is 10.1 Å². The van der Waals surface area contributed by atoms with Crippen LogP contribution in [-0.4, -0.2) is 14.9 Å². The zero-order chi connectivity index (χ0) is 10.7. The van der Waals surface area contributed by atoms with E-state index in [4.69, 9.17) is 0 Å². The molecule has 76 valence electrons. The van der Waals surface area contributed by atoms with Crippen LogP contribution in [-0.2, 0) is 0 Å². The molecule has 0 fully saturated rings. The quantitative estimate of drug-likeness (QED) is 0.639. The Labute approximate surface area is 89.3 Å². The van der Waals surface area contributed by atoms with Gasteiger partial charge in [0.25, 0.3) is 0 Å². The van der Waals surface area contributed by atoms with E-state index < -0.39 is 4.92 Å². The normalized spacial score (nSPS) is 10.9. The predicted molar refractivity (Wildman–Crippen MR) is 58.5 cm³/mol. The predicted octanol–water partition coefficient (Wildman–Crippen LogP) is 2.55. The van der Waals surface area contributed by atoms with Crippen LogP contribution in [0.4, 0.5) is 5.82 Å². The van der Waals surface area contributed by atoms with Gasteiger partial charge in [0.1, 0.15) is 0 Å². The molecule has 0 atom stereocenters. The van der Waals surface area contributed by atoms with Gasteiger partial charge in [-0.2, -0.15) is 0 Å². The fraction of sp³-hybridized carbons (Fsp3) is 0. The smallest absolute Gasteiger partial charge is 0.347 e. The first-order valence-corrected chi connectivity index (χ1v) is 5.04. The monoisotopic (exact) mass is 221 g/mol. The SMILES string of the molecule is O=[N+]([O-])c1[nH]cnc1/C=C/c1cccs1. The molecule has 6 heteroatoms. The van der Waals surface area contributed by atoms with Crippen LogP contribution in [0.3, 0.4) is 0 Å². The third-order valence-corrected chi connectivity index (χ3v) is 2.62. The van der Waals surface area contributed by atoms with Gasteiger partial charge in [-0.3, -0.25) is 0 Å². The van der Waals surface area contributed by atoms with Crippen molar-refractivity contribution in [2.24, 2.45) is 0 Å². The summed E-state index contributed by atoms with van der Waals surface area (Å²) >= 11 is 1.56. The van der Waals surface area contributed by atoms with E-state index in [2.05, 4.69) is 9.97 Å². The molecule has 0 aliphatic heterocycles. The standard InChI is InChI=1S/C9H7N3O2S/c13-12(14)9-8(10-6-11-9)4-3-7-2-1-5-15-7/h1-6H,(H,10,11)/b4-3+. The molecule has 0 saturated carbocycles. The largest absolute Gasteiger partial charge is 0.358 e. The molecule has 2 heterocycles. The Morgan fingerprint density at radius 3 is 3.07 bits per heavy atom. The Hall–Kier alpha value is -1.95. The summed E-state index contributed by atoms with van der Waals surface area (Å²) in [6.07, 6.45) is 4.74. The highest BCUT2D eigenvalue weighted by molar-refractivity contribution is 7.10. The summed E-state index contributed by atoms with van der Waals surface area (Å²) in [5.74, 6) is -0.0807. The average Bonchev–Trinajstić information content (AvgIpc) is 2.86. The number of hydrogen-bond donors (Lipinski definition) is 1. The van der Waals surface area contributed by atoms with Gasteiger partial charge in [0.15, 0.2) is 12.0 Å². The molecule has 5 nitrogen and oxygen atoms in total. The van der Waals surface area contributed by atoms with Gasteiger partial charge < -0.3 is 10.1 Å². The number of aromatic nitrogens is 2. The van der Waals surface area contributed by atoms with Crippen molar-refractivity contribution in [2.75, 3.05) is 0 Å². The summed E-state index contributed by atoms with van der Waals surface area (Å²) in [4.78, 5) is 17.4. The molecule has 2 aromatic heterocycles. The van der Waals surface area contributed by atoms with Crippen molar-refractivity contribution in [1.29, 1.82) is 0 Å². The zero-order valence-electron chi connectivity index (χ0n) is 7.58. The molecule has 1 N–H and O–H groups in total. The number of H-pyrrole nitrogens is 1. The molecule has 0 aliphatic carbocycles. The van der Waals surface area contributed by atoms with Crippen LogP contribution in [0.25, 0.3) is 12.2 Å². The summed E-state index contributed by atoms with van der Waals surface area (Å²) in [5, 5.41) is 12.5. The molecule has 0 bridgehead atoms. The molecule has 0 aromatic carbocycles. The van der Waals surface area contributed by atoms with Crippen LogP contribution in [0.15, 0.2) is 23.8 Å². The number of aromatic amines is 1. The molecule has 15 heavy (non-hydrogen) atoms. The summed E-state index contributed by atoms with van der Waals surface area (Å²) in [5.41, 5.74) is 0.341. The first kappa shape index (κ1) is 9.60. The van der Waals surface area contributed by atoms with Crippen LogP contribution in [0.2, 0.25) is 0 Å². The minimum Gasteiger partial charge on any atom is -0.358 e. The number of nitrogens with one attached hydrogen (secondary N) is 1. The summed E-state index contributed by atoms with van der Waals surface area (Å²) in [6, 6.07) is 3.85. The van der Waals surface area contributed by atoms with Crippen LogP contribution in [0.1, 0.15) is 10.6 Å². The van der Waals surface area contributed by atoms with Crippen molar-refractivity contribution in [3.05, 3.63) is 44.5 Å². The number of nitrogens with zero attached hydrogens (tertiary/aromatic N) is 2. The third kappa shape index (κ3) is 2.10. The van der Waals surface area contributed by atoms with Gasteiger partial charge in [0.2, 0.25) is 0 Å². The second kappa shape index (κ2) is 4.05. The van der Waals surface area contributed by atoms with Crippen molar-refractivity contribution in [3.63, 3.8) is 0 Å². The molecule has 0 amide bonds. The summed E-state index contributed by atoms with van der Waals surface area (Å²) in [7, 11) is 0. The molecular weight excluding hydrogens is 214 g/mol. The van der Waals surface area contributed by atoms with Crippen molar-refractivity contribution in [2.45, 2.75) is 0 Å². The lowest BCUT2D eigenvalue weighted by molar-refractivity contribution is -0.389. The lowest BCUT2D eigenvalue weighted by atomic mass is 10.3. The van der Waals surface area contributed by atoms with E-state index in [-0.39, 0.29) is 5.82 Å². The highest BCUT2D eigenvalue weighted by Gasteiger charge is 2.11. The Kier molecular flexibility index (Phi) is 2.59. The zero-order valence-corrected chi connectivity index (χ0v) is 8.40. The van der Waals surface area contributed by atoms with Crippen molar-refractivity contribution < 1.29 is 4.92 Å². The number of nitro groups is 1. The Morgan fingerprint density at radius 2 is 2.40 bits per heavy atom. The maximum absolute atomic E-state index is 10.5. The van der Waals surface area contributed by atoms with Crippen LogP contribution in [0, 0.1) is 10.1 Å². The topological polar surface area (TPSA) is 71.8 Å². The first-order chi connectivity index (χ1) is 7.27. The first-order valence-electron chi connectivity index (χ1n) is 4.17. The number of rotatable bonds is 3. The van der Waals surface area contributed by atoms with Gasteiger partial charge in [0, 0.05) is 4.88 Å². The van der Waals surface area contributed by atoms with Crippen LogP contribution >= 0.6 is 11.3 Å². The van der Waals surface area contributed by atoms with E-state index in [1.54, 1.807) is 23.5 Å². The molecule has 2 rings (SSSR count). The minimum absolute atomic E-state index is 0.0807. The fourth-order valence-corrected chi connectivity index (χ4v) is 1.73. The molecule has 0 unspecified atom stereocenters. The second-order valence-electron chi connectivity index (χ2n) is 2.74. The summed E-state index contributed by atoms with van der Waals surface area (Å²) in [6.45, 7) is 0. The van der Waals surface area contributed by atoms with Gasteiger partial charge >= 0.3 is 5.82 Å². The third-order valence-electron chi connectivity index (χ3n) is 1.78. The van der Waals surface area contributed by atoms with Crippen molar-refractivity contribution in [1.82, 2.24) is 9.97 Å². The van der Waals surface area contributed by atoms with Gasteiger partial charge in [0.05, 0.1) is 0 Å². The van der Waals surface area contributed by atoms with E-state index in [1.807, 2.05) is 17.5 Å². The second-order valence-corrected chi connectivity index (χ2v) is 3.72. The van der Waals surface area contributed by atoms with E-state index in [0.29, 0.717) is 5.69 Å². The highest BCUT2D eigenvalue weighted by atomic mass is 32.1. The molecular formula is C9H7N3O2S. The summed E-state index contributed by atoms with van der Waals surface area (Å²) < 4.78 is 0. The number of hydrogen-bond acceptors (Lipinski definition) is 4. The maximum atomic E-state index is 10.5. The van der Waals surface area contributed by atoms with Gasteiger partial charge in [-0.05, 0) is 28.5 Å². The van der Waals surface area contributed by atoms with Crippen LogP contribution in [0.5, 0.6) is 0 Å². The lowest BCUT2D eigenvalue weighted by Gasteiger charge is -1.90. The van der Waals surface area contributed by atoms with Gasteiger partial charge in [-0.15, -0.1) is 11.3 Å². The Balaban J connectivity index is 2.24. The Morgan fingerprint density at radius 1 is 1.53 bits per heavy atom. The molecule has 0 aliphatic rings. The Bertz CT molecular complexity index is 487. The number of thiophene rings is 1. The molecule has 0 radical (unpaired) electrons. The van der Waals surface area contributed by atoms with Gasteiger partial charge in [-0.25, -0.2) is 9.97 Å². The maximum Gasteiger partial charge on any atom is 0.347 e. The van der Waals surface area contributed by atoms with Gasteiger partial charge in [-0.1, -0.05) is 6.07 Å². The molecule has 0 spiro atoms. The van der Waals surface area contributed by atoms with E-state index >= 15 is 0 Å². The van der Waals surface area contributed by atoms with Crippen molar-refractivity contribution >= 4 is 29.3 Å². The minimum atomic E-state index is -0.485. The lowest BCUT2D eigenvalue weighted by Crippen LogP contribution is -1.89. The van der Waals surface area contributed by atoms with E-state index in [1.165, 1.54) is 6.33 Å². The average molecular weight is 221 g/mol. The van der Waals surface area contributed by atoms with E-state index in [0.717, 1.165) is 4.88 Å². The van der Waals surface area contributed by atoms with Crippen LogP contribution < -0.4 is 0 Å². The van der Waals surface area contributed by atoms with Crippen molar-refractivity contribution in [3.8, 4) is 0 Å². The molecule has 0 saturated heterocycles. The molecule has 2 aromatic rings. The fourth-order valence-electron chi connectivity index (χ4n) is 1.11.